The molecular weight excluding hydrogens is 156 g/mol. The van der Waals surface area contributed by atoms with E-state index in [0.29, 0.717) is 18.1 Å². The summed E-state index contributed by atoms with van der Waals surface area (Å²) in [5.74, 6) is 0.871. The summed E-state index contributed by atoms with van der Waals surface area (Å²) >= 11 is 0. The van der Waals surface area contributed by atoms with Crippen molar-refractivity contribution in [2.24, 2.45) is 11.3 Å². The Morgan fingerprint density at radius 1 is 1.50 bits per heavy atom. The van der Waals surface area contributed by atoms with Gasteiger partial charge in [0.25, 0.3) is 0 Å². The molecule has 0 aromatic rings. The molecule has 3 heteroatoms. The summed E-state index contributed by atoms with van der Waals surface area (Å²) in [5, 5.41) is 0. The van der Waals surface area contributed by atoms with Crippen LogP contribution in [0.1, 0.15) is 19.3 Å². The third-order valence-electron chi connectivity index (χ3n) is 3.24. The molecule has 2 unspecified atom stereocenters. The number of ether oxygens (including phenoxy) is 2. The summed E-state index contributed by atoms with van der Waals surface area (Å²) in [7, 11) is 3.20. The number of carbonyl (C=O) groups excluding carboxylic acids is 1. The lowest BCUT2D eigenvalue weighted by Crippen LogP contribution is -2.32. The predicted molar refractivity (Wildman–Crippen MR) is 42.6 cm³/mol. The average molecular weight is 170 g/mol. The van der Waals surface area contributed by atoms with Gasteiger partial charge in [0, 0.05) is 20.6 Å². The monoisotopic (exact) mass is 170 g/mol. The summed E-state index contributed by atoms with van der Waals surface area (Å²) in [6, 6.07) is 0. The van der Waals surface area contributed by atoms with Crippen molar-refractivity contribution in [1.82, 2.24) is 0 Å². The Bertz CT molecular complexity index is 210. The SMILES string of the molecule is COC(OC)C12CC1CCC2=O. The molecule has 2 fully saturated rings. The van der Waals surface area contributed by atoms with Crippen LogP contribution in [0.4, 0.5) is 0 Å². The lowest BCUT2D eigenvalue weighted by Gasteiger charge is -2.21. The van der Waals surface area contributed by atoms with Crippen molar-refractivity contribution in [3.05, 3.63) is 0 Å². The maximum absolute atomic E-state index is 11.5. The smallest absolute Gasteiger partial charge is 0.169 e. The normalized spacial score (nSPS) is 38.9. The molecule has 0 amide bonds. The number of methoxy groups -OCH3 is 2. The molecule has 0 aromatic carbocycles. The number of ketones is 1. The highest BCUT2D eigenvalue weighted by atomic mass is 16.7. The van der Waals surface area contributed by atoms with E-state index in [1.807, 2.05) is 0 Å². The fraction of sp³-hybridized carbons (Fsp3) is 0.889. The lowest BCUT2D eigenvalue weighted by atomic mass is 10.0. The van der Waals surface area contributed by atoms with Gasteiger partial charge >= 0.3 is 0 Å². The van der Waals surface area contributed by atoms with Gasteiger partial charge in [-0.3, -0.25) is 4.79 Å². The quantitative estimate of drug-likeness (QED) is 0.592. The summed E-state index contributed by atoms with van der Waals surface area (Å²) < 4.78 is 10.3. The van der Waals surface area contributed by atoms with Crippen LogP contribution in [0.3, 0.4) is 0 Å². The van der Waals surface area contributed by atoms with E-state index in [0.717, 1.165) is 12.8 Å². The lowest BCUT2D eigenvalue weighted by molar-refractivity contribution is -0.162. The molecule has 2 aliphatic carbocycles. The molecule has 0 heterocycles. The Morgan fingerprint density at radius 2 is 2.17 bits per heavy atom. The van der Waals surface area contributed by atoms with E-state index in [-0.39, 0.29) is 11.7 Å². The van der Waals surface area contributed by atoms with Gasteiger partial charge in [-0.2, -0.15) is 0 Å². The maximum Gasteiger partial charge on any atom is 0.169 e. The van der Waals surface area contributed by atoms with E-state index in [4.69, 9.17) is 9.47 Å². The Morgan fingerprint density at radius 3 is 2.50 bits per heavy atom. The van der Waals surface area contributed by atoms with Gasteiger partial charge in [0.2, 0.25) is 0 Å². The van der Waals surface area contributed by atoms with E-state index in [9.17, 15) is 4.79 Å². The zero-order valence-electron chi connectivity index (χ0n) is 7.50. The molecule has 2 aliphatic rings. The Labute approximate surface area is 72.0 Å². The van der Waals surface area contributed by atoms with Crippen molar-refractivity contribution < 1.29 is 14.3 Å². The van der Waals surface area contributed by atoms with Crippen LogP contribution in [0, 0.1) is 11.3 Å². The zero-order chi connectivity index (χ0) is 8.77. The molecule has 0 aliphatic heterocycles. The van der Waals surface area contributed by atoms with Gasteiger partial charge in [0.1, 0.15) is 5.78 Å². The Hall–Kier alpha value is -0.410. The highest BCUT2D eigenvalue weighted by molar-refractivity contribution is 5.91. The molecule has 68 valence electrons. The van der Waals surface area contributed by atoms with Crippen LogP contribution in [0.15, 0.2) is 0 Å². The van der Waals surface area contributed by atoms with Gasteiger partial charge in [-0.05, 0) is 18.8 Å². The number of hydrogen-bond donors (Lipinski definition) is 0. The summed E-state index contributed by atoms with van der Waals surface area (Å²) in [5.41, 5.74) is -0.247. The van der Waals surface area contributed by atoms with Crippen LogP contribution in [-0.2, 0) is 14.3 Å². The van der Waals surface area contributed by atoms with Crippen LogP contribution < -0.4 is 0 Å². The average Bonchev–Trinajstić information content (AvgIpc) is 2.72. The minimum atomic E-state index is -0.308. The number of fused-ring (bicyclic) bond motifs is 1. The molecule has 0 aromatic heterocycles. The van der Waals surface area contributed by atoms with Gasteiger partial charge in [0.15, 0.2) is 6.29 Å². The number of hydrogen-bond acceptors (Lipinski definition) is 3. The van der Waals surface area contributed by atoms with Crippen molar-refractivity contribution in [2.75, 3.05) is 14.2 Å². The first-order valence-corrected chi connectivity index (χ1v) is 4.34. The topological polar surface area (TPSA) is 35.5 Å². The van der Waals surface area contributed by atoms with E-state index >= 15 is 0 Å². The fourth-order valence-electron chi connectivity index (χ4n) is 2.52. The summed E-state index contributed by atoms with van der Waals surface area (Å²) in [6.07, 6.45) is 2.41. The molecule has 0 bridgehead atoms. The van der Waals surface area contributed by atoms with E-state index in [1.54, 1.807) is 14.2 Å². The molecule has 2 saturated carbocycles. The van der Waals surface area contributed by atoms with Crippen LogP contribution in [-0.4, -0.2) is 26.3 Å². The largest absolute Gasteiger partial charge is 0.355 e. The van der Waals surface area contributed by atoms with Crippen molar-refractivity contribution in [3.63, 3.8) is 0 Å². The number of Topliss-reactive ketones (excluding diaryl/α,β-unsaturated/α-hetero) is 1. The minimum absolute atomic E-state index is 0.247. The maximum atomic E-state index is 11.5. The molecule has 3 nitrogen and oxygen atoms in total. The third kappa shape index (κ3) is 0.808. The van der Waals surface area contributed by atoms with Crippen molar-refractivity contribution in [2.45, 2.75) is 25.6 Å². The van der Waals surface area contributed by atoms with Gasteiger partial charge < -0.3 is 9.47 Å². The first-order chi connectivity index (χ1) is 5.75. The second-order valence-corrected chi connectivity index (χ2v) is 3.71. The third-order valence-corrected chi connectivity index (χ3v) is 3.24. The van der Waals surface area contributed by atoms with E-state index < -0.39 is 0 Å². The standard InChI is InChI=1S/C9H14O3/c1-11-8(12-2)9-5-6(9)3-4-7(9)10/h6,8H,3-5H2,1-2H3. The van der Waals surface area contributed by atoms with Crippen molar-refractivity contribution >= 4 is 5.78 Å². The second kappa shape index (κ2) is 2.54. The Balaban J connectivity index is 2.16. The molecular formula is C9H14O3. The first kappa shape index (κ1) is 8.20. The van der Waals surface area contributed by atoms with Gasteiger partial charge in [-0.25, -0.2) is 0 Å². The molecule has 0 radical (unpaired) electrons. The molecule has 2 atom stereocenters. The van der Waals surface area contributed by atoms with Gasteiger partial charge in [-0.1, -0.05) is 0 Å². The van der Waals surface area contributed by atoms with Crippen LogP contribution >= 0.6 is 0 Å². The summed E-state index contributed by atoms with van der Waals surface area (Å²) in [6.45, 7) is 0. The number of rotatable bonds is 3. The second-order valence-electron chi connectivity index (χ2n) is 3.71. The van der Waals surface area contributed by atoms with Crippen LogP contribution in [0.25, 0.3) is 0 Å². The van der Waals surface area contributed by atoms with Gasteiger partial charge in [0.05, 0.1) is 5.41 Å². The van der Waals surface area contributed by atoms with Gasteiger partial charge in [-0.15, -0.1) is 0 Å². The van der Waals surface area contributed by atoms with Crippen molar-refractivity contribution in [3.8, 4) is 0 Å². The highest BCUT2D eigenvalue weighted by Crippen LogP contribution is 2.63. The number of carbonyl (C=O) groups is 1. The fourth-order valence-corrected chi connectivity index (χ4v) is 2.52. The Kier molecular flexibility index (Phi) is 1.73. The molecule has 0 spiro atoms. The molecule has 0 N–H and O–H groups in total. The van der Waals surface area contributed by atoms with Crippen LogP contribution in [0.2, 0.25) is 0 Å². The summed E-state index contributed by atoms with van der Waals surface area (Å²) in [4.78, 5) is 11.5. The van der Waals surface area contributed by atoms with E-state index in [1.165, 1.54) is 0 Å². The van der Waals surface area contributed by atoms with E-state index in [2.05, 4.69) is 0 Å². The van der Waals surface area contributed by atoms with Crippen molar-refractivity contribution in [1.29, 1.82) is 0 Å². The zero-order valence-corrected chi connectivity index (χ0v) is 7.50. The molecule has 2 rings (SSSR count). The molecule has 0 saturated heterocycles. The highest BCUT2D eigenvalue weighted by Gasteiger charge is 2.67. The molecule has 12 heavy (non-hydrogen) atoms. The first-order valence-electron chi connectivity index (χ1n) is 4.34. The van der Waals surface area contributed by atoms with Crippen LogP contribution in [0.5, 0.6) is 0 Å². The minimum Gasteiger partial charge on any atom is -0.355 e. The predicted octanol–water partition coefficient (Wildman–Crippen LogP) is 0.974.